The molecule has 0 spiro atoms. The van der Waals surface area contributed by atoms with E-state index in [4.69, 9.17) is 11.6 Å². The first kappa shape index (κ1) is 11.4. The van der Waals surface area contributed by atoms with Crippen LogP contribution in [0, 0.1) is 5.21 Å². The van der Waals surface area contributed by atoms with Gasteiger partial charge in [-0.25, -0.2) is 4.79 Å². The molecule has 0 radical (unpaired) electrons. The number of hydrogen-bond donors (Lipinski definition) is 1. The van der Waals surface area contributed by atoms with Crippen molar-refractivity contribution in [2.75, 3.05) is 7.11 Å². The molecule has 1 aromatic carbocycles. The zero-order chi connectivity index (χ0) is 12.6. The fraction of sp³-hybridized carbons (Fsp3) is 0.100. The summed E-state index contributed by atoms with van der Waals surface area (Å²) in [5, 5.41) is 12.2. The lowest BCUT2D eigenvalue weighted by atomic mass is 10.3. The van der Waals surface area contributed by atoms with Gasteiger partial charge < -0.3 is 14.9 Å². The Labute approximate surface area is 100.0 Å². The van der Waals surface area contributed by atoms with Crippen LogP contribution in [0.2, 0.25) is 5.02 Å². The number of carbonyl (C=O) groups is 1. The van der Waals surface area contributed by atoms with E-state index in [1.54, 1.807) is 0 Å². The molecule has 0 aliphatic carbocycles. The summed E-state index contributed by atoms with van der Waals surface area (Å²) < 4.78 is 4.58. The van der Waals surface area contributed by atoms with Crippen molar-refractivity contribution in [1.82, 2.24) is 4.98 Å². The van der Waals surface area contributed by atoms with Crippen LogP contribution < -0.4 is 10.3 Å². The Hall–Kier alpha value is -2.08. The first-order chi connectivity index (χ1) is 8.04. The minimum atomic E-state index is -0.997. The number of hydrogen-bond acceptors (Lipinski definition) is 4. The van der Waals surface area contributed by atoms with Crippen LogP contribution in [0.25, 0.3) is 11.0 Å². The van der Waals surface area contributed by atoms with Crippen molar-refractivity contribution in [1.29, 1.82) is 0 Å². The third kappa shape index (κ3) is 1.83. The fourth-order valence-corrected chi connectivity index (χ4v) is 1.61. The summed E-state index contributed by atoms with van der Waals surface area (Å²) in [6.45, 7) is 0. The van der Waals surface area contributed by atoms with Crippen molar-refractivity contribution in [3.8, 4) is 0 Å². The van der Waals surface area contributed by atoms with Gasteiger partial charge in [0.15, 0.2) is 0 Å². The van der Waals surface area contributed by atoms with E-state index >= 15 is 0 Å². The predicted octanol–water partition coefficient (Wildman–Crippen LogP) is 0.602. The summed E-state index contributed by atoms with van der Waals surface area (Å²) in [4.78, 5) is 25.2. The number of nitrogens with one attached hydrogen (secondary N) is 1. The SMILES string of the molecule is COC(=O)c1c(=O)[nH]c2ccc(Cl)cc2[n+]1[O-]. The lowest BCUT2D eigenvalue weighted by Gasteiger charge is -2.05. The average Bonchev–Trinajstić information content (AvgIpc) is 2.30. The molecule has 0 saturated heterocycles. The Kier molecular flexibility index (Phi) is 2.72. The second-order valence-electron chi connectivity index (χ2n) is 3.25. The number of ether oxygens (including phenoxy) is 1. The van der Waals surface area contributed by atoms with E-state index in [1.807, 2.05) is 0 Å². The highest BCUT2D eigenvalue weighted by atomic mass is 35.5. The van der Waals surface area contributed by atoms with Gasteiger partial charge in [-0.1, -0.05) is 11.6 Å². The highest BCUT2D eigenvalue weighted by molar-refractivity contribution is 6.31. The number of carbonyl (C=O) groups excluding carboxylic acids is 1. The fourth-order valence-electron chi connectivity index (χ4n) is 1.45. The van der Waals surface area contributed by atoms with Gasteiger partial charge in [0.25, 0.3) is 0 Å². The standard InChI is InChI=1S/C10H7ClN2O4/c1-17-10(15)8-9(14)12-6-3-2-5(11)4-7(6)13(8)16/h2-4H,1H3,(H,12,14). The summed E-state index contributed by atoms with van der Waals surface area (Å²) >= 11 is 5.74. The highest BCUT2D eigenvalue weighted by Gasteiger charge is 2.25. The normalized spacial score (nSPS) is 10.5. The smallest absolute Gasteiger partial charge is 0.410 e. The van der Waals surface area contributed by atoms with Gasteiger partial charge in [0.05, 0.1) is 7.11 Å². The number of methoxy groups -OCH3 is 1. The van der Waals surface area contributed by atoms with Crippen LogP contribution in [0.3, 0.4) is 0 Å². The maximum absolute atomic E-state index is 11.8. The summed E-state index contributed by atoms with van der Waals surface area (Å²) in [7, 11) is 1.09. The minimum absolute atomic E-state index is 0.0949. The molecular formula is C10H7ClN2O4. The second-order valence-corrected chi connectivity index (χ2v) is 3.69. The van der Waals surface area contributed by atoms with Crippen LogP contribution in [0.5, 0.6) is 0 Å². The molecule has 0 aliphatic rings. The Bertz CT molecular complexity index is 665. The molecule has 17 heavy (non-hydrogen) atoms. The van der Waals surface area contributed by atoms with E-state index in [0.29, 0.717) is 10.5 Å². The van der Waals surface area contributed by atoms with Gasteiger partial charge in [-0.2, -0.15) is 4.73 Å². The van der Waals surface area contributed by atoms with E-state index in [9.17, 15) is 14.8 Å². The maximum atomic E-state index is 11.8. The van der Waals surface area contributed by atoms with Crippen molar-refractivity contribution >= 4 is 28.6 Å². The number of halogens is 1. The van der Waals surface area contributed by atoms with Crippen LogP contribution in [0.1, 0.15) is 10.5 Å². The van der Waals surface area contributed by atoms with Crippen LogP contribution in [0.15, 0.2) is 23.0 Å². The second kappa shape index (κ2) is 4.06. The Morgan fingerprint density at radius 1 is 1.53 bits per heavy atom. The zero-order valence-corrected chi connectivity index (χ0v) is 9.45. The van der Waals surface area contributed by atoms with Gasteiger partial charge >= 0.3 is 17.2 Å². The van der Waals surface area contributed by atoms with Gasteiger partial charge in [-0.15, -0.1) is 0 Å². The Morgan fingerprint density at radius 2 is 2.24 bits per heavy atom. The summed E-state index contributed by atoms with van der Waals surface area (Å²) in [6, 6.07) is 4.36. The topological polar surface area (TPSA) is 86.1 Å². The molecular weight excluding hydrogens is 248 g/mol. The molecule has 7 heteroatoms. The third-order valence-electron chi connectivity index (χ3n) is 2.22. The minimum Gasteiger partial charge on any atom is -0.617 e. The van der Waals surface area contributed by atoms with E-state index in [2.05, 4.69) is 9.72 Å². The van der Waals surface area contributed by atoms with Crippen molar-refractivity contribution in [3.05, 3.63) is 44.5 Å². The number of aromatic amines is 1. The van der Waals surface area contributed by atoms with Gasteiger partial charge in [-0.05, 0) is 12.1 Å². The molecule has 0 fully saturated rings. The number of H-pyrrole nitrogens is 1. The first-order valence-electron chi connectivity index (χ1n) is 4.58. The maximum Gasteiger partial charge on any atom is 0.410 e. The summed E-state index contributed by atoms with van der Waals surface area (Å²) in [6.07, 6.45) is 0. The number of nitrogens with zero attached hydrogens (tertiary/aromatic N) is 1. The van der Waals surface area contributed by atoms with E-state index in [1.165, 1.54) is 18.2 Å². The quantitative estimate of drug-likeness (QED) is 0.459. The lowest BCUT2D eigenvalue weighted by Crippen LogP contribution is -2.43. The third-order valence-corrected chi connectivity index (χ3v) is 2.46. The number of esters is 1. The molecule has 2 aromatic rings. The molecule has 0 bridgehead atoms. The number of benzene rings is 1. The Balaban J connectivity index is 2.87. The molecule has 0 atom stereocenters. The largest absolute Gasteiger partial charge is 0.617 e. The Morgan fingerprint density at radius 3 is 2.88 bits per heavy atom. The summed E-state index contributed by atoms with van der Waals surface area (Å²) in [5.41, 5.74) is -1.04. The van der Waals surface area contributed by atoms with Crippen molar-refractivity contribution in [3.63, 3.8) is 0 Å². The van der Waals surface area contributed by atoms with Crippen LogP contribution >= 0.6 is 11.6 Å². The molecule has 0 saturated carbocycles. The van der Waals surface area contributed by atoms with Crippen molar-refractivity contribution in [2.45, 2.75) is 0 Å². The number of aromatic nitrogens is 2. The zero-order valence-electron chi connectivity index (χ0n) is 8.69. The van der Waals surface area contributed by atoms with E-state index < -0.39 is 17.2 Å². The van der Waals surface area contributed by atoms with Gasteiger partial charge in [0.1, 0.15) is 5.52 Å². The van der Waals surface area contributed by atoms with Gasteiger partial charge in [-0.3, -0.25) is 4.79 Å². The molecule has 6 nitrogen and oxygen atoms in total. The molecule has 2 rings (SSSR count). The molecule has 0 amide bonds. The average molecular weight is 255 g/mol. The van der Waals surface area contributed by atoms with Gasteiger partial charge in [0.2, 0.25) is 5.52 Å². The van der Waals surface area contributed by atoms with Crippen LogP contribution in [0.4, 0.5) is 0 Å². The molecule has 88 valence electrons. The van der Waals surface area contributed by atoms with E-state index in [0.717, 1.165) is 7.11 Å². The number of rotatable bonds is 1. The van der Waals surface area contributed by atoms with Crippen LogP contribution in [-0.4, -0.2) is 18.1 Å². The van der Waals surface area contributed by atoms with Crippen LogP contribution in [-0.2, 0) is 4.74 Å². The summed E-state index contributed by atoms with van der Waals surface area (Å²) in [5.74, 6) is -0.997. The molecule has 0 unspecified atom stereocenters. The number of fused-ring (bicyclic) bond motifs is 1. The lowest BCUT2D eigenvalue weighted by molar-refractivity contribution is -0.581. The molecule has 1 heterocycles. The first-order valence-corrected chi connectivity index (χ1v) is 4.96. The molecule has 1 N–H and O–H groups in total. The van der Waals surface area contributed by atoms with Gasteiger partial charge in [0, 0.05) is 11.1 Å². The molecule has 1 aromatic heterocycles. The van der Waals surface area contributed by atoms with Crippen molar-refractivity contribution in [2.24, 2.45) is 0 Å². The molecule has 0 aliphatic heterocycles. The predicted molar refractivity (Wildman–Crippen MR) is 59.9 cm³/mol. The highest BCUT2D eigenvalue weighted by Crippen LogP contribution is 2.13. The van der Waals surface area contributed by atoms with Crippen molar-refractivity contribution < 1.29 is 14.3 Å². The monoisotopic (exact) mass is 254 g/mol. The van der Waals surface area contributed by atoms with E-state index in [-0.39, 0.29) is 10.2 Å².